The molecule has 0 aromatic heterocycles. The Kier molecular flexibility index (Phi) is 37.4. The number of phenols is 3. The number of hydrogen-bond acceptors (Lipinski definition) is 32. The van der Waals surface area contributed by atoms with E-state index in [4.69, 9.17) is 62.1 Å². The van der Waals surface area contributed by atoms with Crippen LogP contribution in [-0.2, 0) is 87.1 Å². The number of amides is 8. The van der Waals surface area contributed by atoms with Crippen LogP contribution >= 0.6 is 48.6 Å². The largest absolute Gasteiger partial charge is 0.507 e. The van der Waals surface area contributed by atoms with E-state index in [2.05, 4.69) is 65.4 Å². The number of nitrogens with one attached hydrogen (secondary N) is 11. The standard InChI is InChI=1S/C85H109Cl2N12O29P3/c1-7-8-9-10-11-12-13-14-23-90-24-25-92-85(5)34-61(122-39(4)75(85)110)127-74-71(109)70(108)57(36-100)125-83(74)128-73-55-30-43-31-56(73)124-54-20-17-42(29-48(54)87)72(126-60(105)22-21-59(104)94-84(130-120)131-121)67(99-76(111)49(89-6)26-38(2)3)81(116)93-50(33-58(88)103)77(112)95-64(43)79(114)96-63-40-15-18-51(101)44(27-40)62-45(32-52(102)46(69(62)107)35-91-37-129-119)65(82(117)118)97-80(115)66(98-78(63)113)68(106)41-16-19-53(123-55)47(86)28-41/h15-20,27-32,38-39,49-50,57,61,63-68,70-72,74-75,83-84,89-92,100-102,106-110H,7-14,21-26,33-37H2,1-6H3,(H2,88,103)(H,93,116)(H,94,104)(H,95,112)(H,96,114)(H,97,115)(H,98,113)(H,99,111)(H,117,118)/t39-,49+,50-,57+,61-,63+,64+,65-,66-,67+,68+,70+,71-,72+,74+,75+,83-,85-/m0/s1. The van der Waals surface area contributed by atoms with Crippen molar-refractivity contribution in [2.24, 2.45) is 11.7 Å². The Morgan fingerprint density at radius 1 is 0.695 bits per heavy atom. The maximum Gasteiger partial charge on any atom is 0.330 e. The summed E-state index contributed by atoms with van der Waals surface area (Å²) in [6.45, 7) is 9.02. The highest BCUT2D eigenvalue weighted by atomic mass is 35.5. The fraction of sp³-hybridized carbons (Fsp3) is 0.529. The number of nitrogens with two attached hydrogens (primary N) is 1. The molecule has 131 heavy (non-hydrogen) atoms. The van der Waals surface area contributed by atoms with Crippen LogP contribution in [0.15, 0.2) is 72.8 Å². The number of carbonyl (C=O) groups excluding carboxylic acids is 9. The number of carboxylic acids is 1. The second-order valence-corrected chi connectivity index (χ2v) is 36.1. The predicted molar refractivity (Wildman–Crippen MR) is 468 cm³/mol. The highest BCUT2D eigenvalue weighted by Crippen LogP contribution is 2.51. The molecule has 2 fully saturated rings. The molecule has 0 unspecified atom stereocenters. The summed E-state index contributed by atoms with van der Waals surface area (Å²) in [7, 11) is -0.569. The molecule has 712 valence electrons. The number of aliphatic hydroxyl groups excluding tert-OH is 5. The van der Waals surface area contributed by atoms with Gasteiger partial charge in [0.1, 0.15) is 83.4 Å². The van der Waals surface area contributed by atoms with Gasteiger partial charge in [0.05, 0.1) is 59.6 Å². The molecule has 8 amide bonds. The first kappa shape index (κ1) is 103. The number of rotatable bonds is 37. The fourth-order valence-electron chi connectivity index (χ4n) is 15.9. The monoisotopic (exact) mass is 1920 g/mol. The number of primary amides is 1. The Labute approximate surface area is 767 Å². The lowest BCUT2D eigenvalue weighted by molar-refractivity contribution is -0.334. The van der Waals surface area contributed by atoms with Crippen molar-refractivity contribution in [1.29, 1.82) is 0 Å². The second-order valence-electron chi connectivity index (χ2n) is 32.9. The van der Waals surface area contributed by atoms with E-state index in [-0.39, 0.29) is 36.2 Å². The summed E-state index contributed by atoms with van der Waals surface area (Å²) in [5, 5.41) is 135. The lowest BCUT2D eigenvalue weighted by Crippen LogP contribution is -2.65. The van der Waals surface area contributed by atoms with Crippen LogP contribution < -0.4 is 78.4 Å². The lowest BCUT2D eigenvalue weighted by Gasteiger charge is -2.48. The number of aromatic hydroxyl groups is 3. The molecule has 0 aliphatic carbocycles. The number of halogens is 2. The first-order valence-corrected chi connectivity index (χ1v) is 46.1. The smallest absolute Gasteiger partial charge is 0.330 e. The van der Waals surface area contributed by atoms with Gasteiger partial charge in [-0.05, 0) is 123 Å². The number of unbranched alkanes of at least 4 members (excludes halogenated alkanes) is 7. The predicted octanol–water partition coefficient (Wildman–Crippen LogP) is 5.12. The van der Waals surface area contributed by atoms with Crippen LogP contribution in [0.4, 0.5) is 0 Å². The van der Waals surface area contributed by atoms with Gasteiger partial charge >= 0.3 is 11.9 Å². The van der Waals surface area contributed by atoms with Gasteiger partial charge in [0.15, 0.2) is 66.9 Å². The van der Waals surface area contributed by atoms with E-state index in [1.165, 1.54) is 32.4 Å². The molecule has 0 spiro atoms. The Bertz CT molecular complexity index is 5010. The van der Waals surface area contributed by atoms with E-state index in [0.29, 0.717) is 13.1 Å². The number of hydrogen-bond donors (Lipinski definition) is 21. The van der Waals surface area contributed by atoms with Crippen molar-refractivity contribution in [3.63, 3.8) is 0 Å². The van der Waals surface area contributed by atoms with Crippen molar-refractivity contribution in [2.45, 2.75) is 239 Å². The van der Waals surface area contributed by atoms with Crippen LogP contribution in [0.25, 0.3) is 11.1 Å². The molecule has 22 N–H and O–H groups in total. The van der Waals surface area contributed by atoms with Crippen molar-refractivity contribution in [2.75, 3.05) is 39.6 Å². The van der Waals surface area contributed by atoms with E-state index in [1.54, 1.807) is 27.7 Å². The van der Waals surface area contributed by atoms with Crippen molar-refractivity contribution in [3.8, 4) is 57.1 Å². The Morgan fingerprint density at radius 3 is 1.95 bits per heavy atom. The summed E-state index contributed by atoms with van der Waals surface area (Å²) in [4.78, 5) is 149. The molecule has 18 atom stereocenters. The zero-order valence-electron chi connectivity index (χ0n) is 72.2. The third kappa shape index (κ3) is 26.1. The van der Waals surface area contributed by atoms with Gasteiger partial charge in [0, 0.05) is 54.7 Å². The van der Waals surface area contributed by atoms with Gasteiger partial charge in [-0.1, -0.05) is 107 Å². The molecule has 46 heteroatoms. The third-order valence-electron chi connectivity index (χ3n) is 22.8. The fourth-order valence-corrected chi connectivity index (χ4v) is 17.1. The number of carboxylic acid groups (broad SMARTS) is 1. The van der Waals surface area contributed by atoms with Gasteiger partial charge in [-0.25, -0.2) is 4.79 Å². The first-order valence-electron chi connectivity index (χ1n) is 42.5. The molecule has 2 saturated heterocycles. The number of esters is 1. The minimum Gasteiger partial charge on any atom is -0.507 e. The van der Waals surface area contributed by atoms with Crippen LogP contribution in [0.5, 0.6) is 46.0 Å². The van der Waals surface area contributed by atoms with E-state index in [0.717, 1.165) is 105 Å². The van der Waals surface area contributed by atoms with Crippen molar-refractivity contribution < 1.29 is 141 Å². The lowest BCUT2D eigenvalue weighted by atomic mass is 9.85. The van der Waals surface area contributed by atoms with Gasteiger partial charge < -0.3 is 143 Å². The number of ether oxygens (including phenoxy) is 7. The molecule has 0 saturated carbocycles. The number of aliphatic carboxylic acids is 1. The van der Waals surface area contributed by atoms with Gasteiger partial charge in [-0.15, -0.1) is 0 Å². The van der Waals surface area contributed by atoms with Gasteiger partial charge in [0.25, 0.3) is 0 Å². The molecule has 7 aliphatic heterocycles. The van der Waals surface area contributed by atoms with Crippen LogP contribution in [0.1, 0.15) is 182 Å². The molecule has 12 rings (SSSR count). The van der Waals surface area contributed by atoms with Crippen molar-refractivity contribution in [3.05, 3.63) is 116 Å². The van der Waals surface area contributed by atoms with Crippen molar-refractivity contribution in [1.82, 2.24) is 58.5 Å². The van der Waals surface area contributed by atoms with Crippen LogP contribution in [0.3, 0.4) is 0 Å². The zero-order valence-corrected chi connectivity index (χ0v) is 76.4. The molecule has 41 nitrogen and oxygen atoms in total. The molecule has 7 heterocycles. The number of aliphatic hydroxyl groups is 5. The minimum absolute atomic E-state index is 0.0855. The molecule has 5 aromatic rings. The van der Waals surface area contributed by atoms with Gasteiger partial charge in [-0.2, -0.15) is 0 Å². The number of benzene rings is 5. The van der Waals surface area contributed by atoms with Crippen LogP contribution in [0, 0.1) is 5.92 Å². The number of carbonyl (C=O) groups is 10. The van der Waals surface area contributed by atoms with Crippen molar-refractivity contribution >= 4 is 108 Å². The highest BCUT2D eigenvalue weighted by Gasteiger charge is 2.53. The van der Waals surface area contributed by atoms with E-state index >= 15 is 24.0 Å². The molecular weight excluding hydrogens is 1820 g/mol. The number of fused-ring (bicyclic) bond motifs is 15. The van der Waals surface area contributed by atoms with E-state index in [9.17, 15) is 83.6 Å². The third-order valence-corrected chi connectivity index (χ3v) is 25.0. The summed E-state index contributed by atoms with van der Waals surface area (Å²) < 4.78 is 80.7. The Hall–Kier alpha value is -10.0. The Morgan fingerprint density at radius 2 is 1.33 bits per heavy atom. The molecule has 7 aliphatic rings. The summed E-state index contributed by atoms with van der Waals surface area (Å²) in [6.07, 6.45) is -12.1. The second kappa shape index (κ2) is 47.6. The van der Waals surface area contributed by atoms with E-state index in [1.807, 2.05) is 0 Å². The topological polar surface area (TPSA) is 627 Å². The minimum atomic E-state index is -2.48. The highest BCUT2D eigenvalue weighted by molar-refractivity contribution is 7.44. The average molecular weight is 1930 g/mol. The first-order chi connectivity index (χ1) is 62.4. The zero-order chi connectivity index (χ0) is 95.4. The summed E-state index contributed by atoms with van der Waals surface area (Å²) in [6, 6.07) is -2.92. The maximum atomic E-state index is 16.5. The number of phenolic OH excluding ortho intramolecular Hbond substituents is 3. The van der Waals surface area contributed by atoms with Crippen LogP contribution in [0.2, 0.25) is 10.0 Å². The summed E-state index contributed by atoms with van der Waals surface area (Å²) in [5.74, 6) is -19.8. The summed E-state index contributed by atoms with van der Waals surface area (Å²) in [5.41, 5.74) is -0.585. The van der Waals surface area contributed by atoms with Crippen LogP contribution in [-0.4, -0.2) is 229 Å². The SMILES string of the molecule is CCCCCCCCCCNCCN[C@@]1(C)C[C@H](O[C@H]2[C@H](Oc3c4cc5cc3Oc3ccc(cc3Cl)[C@@H](OC(=O)CCC(=O)NC(P=O)P=O)[C@@H](NC(=O)[C@@H](CC(C)C)NC)C(=O)N[C@@H](CC(N)=O)C(=O)N[C@H]5C(=O)N[C@H]3C(=O)N[C@H](C(=O)N[C@H](C(=O)O)c5cc(O)c(CNCP=O)c(O)c5-c5cc3ccc5O)[C@H](O)c3ccc(c(Cl)c3)O4)O[C@H](CO)[C@@H](O)[C@@H]2O)O[C@@H](C)[C@H]1O. The molecular formula is C85H109Cl2N12O29P3. The quantitative estimate of drug-likeness (QED) is 0.0139. The normalized spacial score (nSPS) is 25.6. The molecule has 5 aromatic carbocycles. The molecule has 0 radical (unpaired) electrons. The average Bonchev–Trinajstić information content (AvgIpc) is 0.756. The maximum absolute atomic E-state index is 16.5. The number of likely N-dealkylation sites (N-methyl/N-ethyl adjacent to an activating group) is 1. The van der Waals surface area contributed by atoms with E-state index < -0.39 is 321 Å². The Balaban J connectivity index is 1.20. The molecule has 11 bridgehead atoms. The summed E-state index contributed by atoms with van der Waals surface area (Å²) >= 11 is 14.6. The van der Waals surface area contributed by atoms with Gasteiger partial charge in [0.2, 0.25) is 59.3 Å². The van der Waals surface area contributed by atoms with Gasteiger partial charge in [-0.3, -0.25) is 56.8 Å².